The van der Waals surface area contributed by atoms with E-state index in [0.29, 0.717) is 40.3 Å². The summed E-state index contributed by atoms with van der Waals surface area (Å²) in [6.07, 6.45) is 1.00. The number of benzene rings is 2. The minimum absolute atomic E-state index is 0.0222. The van der Waals surface area contributed by atoms with Gasteiger partial charge in [-0.25, -0.2) is 8.78 Å². The Morgan fingerprint density at radius 3 is 2.30 bits per heavy atom. The van der Waals surface area contributed by atoms with E-state index in [9.17, 15) is 23.5 Å². The Bertz CT molecular complexity index is 1250. The van der Waals surface area contributed by atoms with E-state index in [2.05, 4.69) is 10.2 Å². The van der Waals surface area contributed by atoms with Crippen LogP contribution in [-0.2, 0) is 10.4 Å². The molecule has 3 fully saturated rings. The molecule has 3 heterocycles. The zero-order valence-corrected chi connectivity index (χ0v) is 23.9. The van der Waals surface area contributed by atoms with Gasteiger partial charge in [0, 0.05) is 68.9 Å². The van der Waals surface area contributed by atoms with Crippen LogP contribution in [0.2, 0.25) is 10.0 Å². The van der Waals surface area contributed by atoms with Crippen molar-refractivity contribution in [3.63, 3.8) is 0 Å². The number of aliphatic hydroxyl groups is 1. The van der Waals surface area contributed by atoms with Gasteiger partial charge in [-0.05, 0) is 55.7 Å². The molecule has 2 aromatic rings. The number of piperidine rings is 2. The quantitative estimate of drug-likeness (QED) is 0.499. The molecule has 0 unspecified atom stereocenters. The van der Waals surface area contributed by atoms with E-state index in [1.165, 1.54) is 11.8 Å². The Morgan fingerprint density at radius 2 is 1.68 bits per heavy atom. The summed E-state index contributed by atoms with van der Waals surface area (Å²) in [5, 5.41) is 15.2. The van der Waals surface area contributed by atoms with Gasteiger partial charge in [0.25, 0.3) is 17.7 Å². The normalized spacial score (nSPS) is 21.9. The lowest BCUT2D eigenvalue weighted by atomic mass is 9.92. The van der Waals surface area contributed by atoms with Crippen molar-refractivity contribution < 1.29 is 23.5 Å². The molecule has 3 saturated heterocycles. The molecule has 2 amide bonds. The van der Waals surface area contributed by atoms with Gasteiger partial charge >= 0.3 is 0 Å². The highest BCUT2D eigenvalue weighted by molar-refractivity contribution is 6.34. The van der Waals surface area contributed by atoms with E-state index in [0.717, 1.165) is 31.6 Å². The lowest BCUT2D eigenvalue weighted by Gasteiger charge is -2.48. The van der Waals surface area contributed by atoms with Crippen LogP contribution in [-0.4, -0.2) is 88.9 Å². The molecule has 11 heteroatoms. The number of nitrogens with one attached hydrogen (secondary N) is 1. The number of carbonyl (C=O) groups is 2. The predicted octanol–water partition coefficient (Wildman–Crippen LogP) is 4.86. The first kappa shape index (κ1) is 29.0. The molecule has 3 aliphatic heterocycles. The summed E-state index contributed by atoms with van der Waals surface area (Å²) >= 11 is 12.5. The van der Waals surface area contributed by atoms with Gasteiger partial charge in [0.05, 0.1) is 16.6 Å². The molecule has 0 aromatic heterocycles. The van der Waals surface area contributed by atoms with Crippen LogP contribution in [0.25, 0.3) is 0 Å². The van der Waals surface area contributed by atoms with E-state index in [1.807, 2.05) is 0 Å². The van der Waals surface area contributed by atoms with Crippen molar-refractivity contribution in [2.24, 2.45) is 0 Å². The maximum Gasteiger partial charge on any atom is 0.258 e. The molecule has 1 atom stereocenters. The Morgan fingerprint density at radius 1 is 1.00 bits per heavy atom. The fourth-order valence-corrected chi connectivity index (χ4v) is 6.23. The monoisotopic (exact) mass is 594 g/mol. The fraction of sp³-hybridized carbons (Fsp3) is 0.517. The molecule has 0 bridgehead atoms. The molecule has 40 heavy (non-hydrogen) atoms. The predicted molar refractivity (Wildman–Crippen MR) is 151 cm³/mol. The van der Waals surface area contributed by atoms with Gasteiger partial charge < -0.3 is 20.2 Å². The van der Waals surface area contributed by atoms with Gasteiger partial charge in [0.15, 0.2) is 5.60 Å². The Balaban J connectivity index is 1.08. The van der Waals surface area contributed by atoms with E-state index >= 15 is 0 Å². The molecule has 0 saturated carbocycles. The van der Waals surface area contributed by atoms with Crippen LogP contribution >= 0.6 is 23.2 Å². The van der Waals surface area contributed by atoms with Crippen molar-refractivity contribution >= 4 is 40.7 Å². The van der Waals surface area contributed by atoms with Crippen LogP contribution in [0.5, 0.6) is 0 Å². The average molecular weight is 596 g/mol. The highest BCUT2D eigenvalue weighted by atomic mass is 35.5. The van der Waals surface area contributed by atoms with Crippen LogP contribution in [0.1, 0.15) is 48.5 Å². The number of alkyl halides is 2. The zero-order valence-electron chi connectivity index (χ0n) is 22.4. The van der Waals surface area contributed by atoms with Gasteiger partial charge in [-0.15, -0.1) is 0 Å². The second-order valence-electron chi connectivity index (χ2n) is 11.2. The Labute approximate surface area is 243 Å². The molecule has 0 radical (unpaired) electrons. The van der Waals surface area contributed by atoms with Crippen molar-refractivity contribution in [3.05, 3.63) is 63.6 Å². The van der Waals surface area contributed by atoms with Crippen molar-refractivity contribution in [2.45, 2.75) is 56.2 Å². The maximum atomic E-state index is 13.4. The molecule has 0 spiro atoms. The summed E-state index contributed by atoms with van der Waals surface area (Å²) < 4.78 is 26.9. The zero-order chi connectivity index (χ0) is 28.7. The van der Waals surface area contributed by atoms with Crippen LogP contribution in [0.3, 0.4) is 0 Å². The number of anilines is 1. The van der Waals surface area contributed by atoms with Crippen molar-refractivity contribution in [1.29, 1.82) is 0 Å². The number of hydrogen-bond acceptors (Lipinski definition) is 5. The molecule has 0 aliphatic carbocycles. The van der Waals surface area contributed by atoms with Crippen molar-refractivity contribution in [2.75, 3.05) is 44.6 Å². The lowest BCUT2D eigenvalue weighted by molar-refractivity contribution is -0.152. The summed E-state index contributed by atoms with van der Waals surface area (Å²) in [6.45, 7) is 4.41. The van der Waals surface area contributed by atoms with Gasteiger partial charge in [0.1, 0.15) is 0 Å². The van der Waals surface area contributed by atoms with Crippen LogP contribution in [0.4, 0.5) is 14.5 Å². The highest BCUT2D eigenvalue weighted by Gasteiger charge is 2.40. The molecule has 3 aliphatic rings. The van der Waals surface area contributed by atoms with E-state index in [-0.39, 0.29) is 43.8 Å². The first-order valence-electron chi connectivity index (χ1n) is 13.7. The molecular weight excluding hydrogens is 561 g/mol. The minimum atomic E-state index is -2.71. The summed E-state index contributed by atoms with van der Waals surface area (Å²) in [5.74, 6) is -3.34. The Kier molecular flexibility index (Phi) is 8.30. The SMILES string of the molecule is C[C@@](O)(C(=O)N1CCC(N2CC(Nc3ccc(C(=O)N4CCC(F)(F)CC4)c(Cl)c3)C2)CC1)c1cccc(Cl)c1. The second kappa shape index (κ2) is 11.4. The fourth-order valence-electron chi connectivity index (χ4n) is 5.78. The molecule has 5 rings (SSSR count). The van der Waals surface area contributed by atoms with Crippen molar-refractivity contribution in [1.82, 2.24) is 14.7 Å². The number of likely N-dealkylation sites (tertiary alicyclic amines) is 3. The maximum absolute atomic E-state index is 13.4. The summed E-state index contributed by atoms with van der Waals surface area (Å²) in [5.41, 5.74) is -0.0197. The first-order chi connectivity index (χ1) is 18.9. The van der Waals surface area contributed by atoms with Crippen LogP contribution < -0.4 is 5.32 Å². The molecule has 2 aromatic carbocycles. The standard InChI is InChI=1S/C29H34Cl2F2N4O3/c1-28(40,19-3-2-4-20(30)15-19)27(39)36-11-7-23(8-12-36)37-17-22(18-37)34-21-5-6-24(25(31)16-21)26(38)35-13-9-29(32,33)10-14-35/h2-6,15-16,22-23,34,40H,7-14,17-18H2,1H3/t28-/m0/s1. The Hall–Kier alpha value is -2.46. The first-order valence-corrected chi connectivity index (χ1v) is 14.4. The number of nitrogens with zero attached hydrogens (tertiary/aromatic N) is 3. The number of hydrogen-bond donors (Lipinski definition) is 2. The van der Waals surface area contributed by atoms with Gasteiger partial charge in [-0.1, -0.05) is 35.3 Å². The molecular formula is C29H34Cl2F2N4O3. The van der Waals surface area contributed by atoms with E-state index in [1.54, 1.807) is 47.4 Å². The third-order valence-corrected chi connectivity index (χ3v) is 8.88. The highest BCUT2D eigenvalue weighted by Crippen LogP contribution is 2.32. The lowest BCUT2D eigenvalue weighted by Crippen LogP contribution is -2.61. The average Bonchev–Trinajstić information content (AvgIpc) is 2.90. The molecule has 2 N–H and O–H groups in total. The van der Waals surface area contributed by atoms with Crippen LogP contribution in [0.15, 0.2) is 42.5 Å². The molecule has 216 valence electrons. The minimum Gasteiger partial charge on any atom is -0.380 e. The topological polar surface area (TPSA) is 76.1 Å². The number of halogens is 4. The van der Waals surface area contributed by atoms with Gasteiger partial charge in [-0.2, -0.15) is 0 Å². The van der Waals surface area contributed by atoms with Gasteiger partial charge in [0.2, 0.25) is 0 Å². The second-order valence-corrected chi connectivity index (χ2v) is 12.1. The smallest absolute Gasteiger partial charge is 0.258 e. The number of carbonyl (C=O) groups excluding carboxylic acids is 2. The van der Waals surface area contributed by atoms with E-state index < -0.39 is 11.5 Å². The van der Waals surface area contributed by atoms with Gasteiger partial charge in [-0.3, -0.25) is 14.5 Å². The number of amides is 2. The summed E-state index contributed by atoms with van der Waals surface area (Å²) in [6, 6.07) is 12.5. The number of rotatable bonds is 6. The van der Waals surface area contributed by atoms with E-state index in [4.69, 9.17) is 23.2 Å². The third-order valence-electron chi connectivity index (χ3n) is 8.33. The van der Waals surface area contributed by atoms with Crippen LogP contribution in [0, 0.1) is 0 Å². The summed E-state index contributed by atoms with van der Waals surface area (Å²) in [7, 11) is 0. The van der Waals surface area contributed by atoms with Crippen molar-refractivity contribution in [3.8, 4) is 0 Å². The third kappa shape index (κ3) is 6.22. The summed E-state index contributed by atoms with van der Waals surface area (Å²) in [4.78, 5) is 31.4. The largest absolute Gasteiger partial charge is 0.380 e. The molecule has 7 nitrogen and oxygen atoms in total.